The van der Waals surface area contributed by atoms with Crippen molar-refractivity contribution in [2.24, 2.45) is 0 Å². The van der Waals surface area contributed by atoms with Gasteiger partial charge >= 0.3 is 6.18 Å². The predicted octanol–water partition coefficient (Wildman–Crippen LogP) is 4.20. The van der Waals surface area contributed by atoms with Crippen LogP contribution in [0.3, 0.4) is 0 Å². The summed E-state index contributed by atoms with van der Waals surface area (Å²) in [7, 11) is 0. The Morgan fingerprint density at radius 3 is 2.54 bits per heavy atom. The third-order valence-corrected chi connectivity index (χ3v) is 3.94. The highest BCUT2D eigenvalue weighted by Gasteiger charge is 2.36. The molecule has 0 N–H and O–H groups in total. The van der Waals surface area contributed by atoms with E-state index in [4.69, 9.17) is 0 Å². The number of aromatic nitrogens is 5. The molecule has 4 heterocycles. The second-order valence-corrected chi connectivity index (χ2v) is 5.68. The molecule has 0 aliphatic rings. The molecule has 0 aromatic carbocycles. The summed E-state index contributed by atoms with van der Waals surface area (Å²) in [4.78, 5) is 12.6. The van der Waals surface area contributed by atoms with Crippen molar-refractivity contribution in [3.63, 3.8) is 0 Å². The second kappa shape index (κ2) is 5.91. The Morgan fingerprint density at radius 2 is 1.88 bits per heavy atom. The number of pyridine rings is 3. The van der Waals surface area contributed by atoms with Crippen LogP contribution < -0.4 is 0 Å². The Labute approximate surface area is 146 Å². The fourth-order valence-electron chi connectivity index (χ4n) is 2.81. The molecule has 26 heavy (non-hydrogen) atoms. The molecular weight excluding hydrogens is 343 g/mol. The van der Waals surface area contributed by atoms with Crippen molar-refractivity contribution < 1.29 is 13.2 Å². The summed E-state index contributed by atoms with van der Waals surface area (Å²) in [6.45, 7) is 1.53. The number of fused-ring (bicyclic) bond motifs is 1. The summed E-state index contributed by atoms with van der Waals surface area (Å²) >= 11 is 0. The lowest BCUT2D eigenvalue weighted by atomic mass is 10.1. The first-order chi connectivity index (χ1) is 12.4. The predicted molar refractivity (Wildman–Crippen MR) is 89.6 cm³/mol. The van der Waals surface area contributed by atoms with E-state index in [0.717, 1.165) is 6.07 Å². The number of aryl methyl sites for hydroxylation is 1. The zero-order valence-corrected chi connectivity index (χ0v) is 13.6. The van der Waals surface area contributed by atoms with Gasteiger partial charge in [-0.25, -0.2) is 9.97 Å². The zero-order valence-electron chi connectivity index (χ0n) is 13.6. The summed E-state index contributed by atoms with van der Waals surface area (Å²) in [5.41, 5.74) is 0.237. The Morgan fingerprint density at radius 1 is 1.04 bits per heavy atom. The van der Waals surface area contributed by atoms with Gasteiger partial charge in [-0.3, -0.25) is 4.98 Å². The van der Waals surface area contributed by atoms with Gasteiger partial charge in [0.05, 0.1) is 22.3 Å². The first-order valence-corrected chi connectivity index (χ1v) is 7.74. The molecule has 4 rings (SSSR count). The normalized spacial score (nSPS) is 11.8. The van der Waals surface area contributed by atoms with Gasteiger partial charge in [-0.1, -0.05) is 6.07 Å². The SMILES string of the molecule is Cc1nn(-c2ccccn2)c2nc(-c3cccnc3)cc(C(F)(F)F)c12. The van der Waals surface area contributed by atoms with E-state index in [-0.39, 0.29) is 22.4 Å². The van der Waals surface area contributed by atoms with E-state index in [1.165, 1.54) is 17.8 Å². The van der Waals surface area contributed by atoms with E-state index in [9.17, 15) is 13.2 Å². The van der Waals surface area contributed by atoms with Gasteiger partial charge in [-0.05, 0) is 37.3 Å². The van der Waals surface area contributed by atoms with Gasteiger partial charge in [0.2, 0.25) is 0 Å². The van der Waals surface area contributed by atoms with Crippen LogP contribution in [0.4, 0.5) is 13.2 Å². The van der Waals surface area contributed by atoms with Crippen LogP contribution in [-0.4, -0.2) is 24.7 Å². The summed E-state index contributed by atoms with van der Waals surface area (Å²) in [6, 6.07) is 9.47. The van der Waals surface area contributed by atoms with Crippen LogP contribution >= 0.6 is 0 Å². The van der Waals surface area contributed by atoms with Crippen molar-refractivity contribution in [1.29, 1.82) is 0 Å². The molecule has 0 spiro atoms. The second-order valence-electron chi connectivity index (χ2n) is 5.68. The number of hydrogen-bond donors (Lipinski definition) is 0. The molecule has 0 radical (unpaired) electrons. The van der Waals surface area contributed by atoms with E-state index in [1.807, 2.05) is 0 Å². The van der Waals surface area contributed by atoms with Crippen molar-refractivity contribution >= 4 is 11.0 Å². The maximum Gasteiger partial charge on any atom is 0.417 e. The smallest absolute Gasteiger partial charge is 0.264 e. The topological polar surface area (TPSA) is 56.5 Å². The Balaban J connectivity index is 2.08. The highest BCUT2D eigenvalue weighted by atomic mass is 19.4. The molecule has 0 aliphatic carbocycles. The molecule has 5 nitrogen and oxygen atoms in total. The molecular formula is C18H12F3N5. The molecule has 0 unspecified atom stereocenters. The number of alkyl halides is 3. The average molecular weight is 355 g/mol. The fraction of sp³-hybridized carbons (Fsp3) is 0.111. The molecule has 130 valence electrons. The van der Waals surface area contributed by atoms with E-state index < -0.39 is 11.7 Å². The van der Waals surface area contributed by atoms with Gasteiger partial charge in [0.1, 0.15) is 0 Å². The van der Waals surface area contributed by atoms with Crippen LogP contribution in [0.15, 0.2) is 55.0 Å². The van der Waals surface area contributed by atoms with E-state index in [2.05, 4.69) is 20.1 Å². The highest BCUT2D eigenvalue weighted by molar-refractivity contribution is 5.86. The number of halogens is 3. The van der Waals surface area contributed by atoms with Crippen LogP contribution in [0.2, 0.25) is 0 Å². The van der Waals surface area contributed by atoms with Gasteiger partial charge in [0.15, 0.2) is 11.5 Å². The molecule has 0 saturated carbocycles. The highest BCUT2D eigenvalue weighted by Crippen LogP contribution is 2.38. The summed E-state index contributed by atoms with van der Waals surface area (Å²) in [5.74, 6) is 0.398. The van der Waals surface area contributed by atoms with Crippen molar-refractivity contribution in [2.45, 2.75) is 13.1 Å². The van der Waals surface area contributed by atoms with Gasteiger partial charge in [0.25, 0.3) is 0 Å². The minimum atomic E-state index is -4.54. The lowest BCUT2D eigenvalue weighted by Crippen LogP contribution is -2.08. The van der Waals surface area contributed by atoms with Crippen LogP contribution in [0.25, 0.3) is 28.1 Å². The molecule has 4 aromatic heterocycles. The summed E-state index contributed by atoms with van der Waals surface area (Å²) in [5, 5.41) is 4.21. The largest absolute Gasteiger partial charge is 0.417 e. The van der Waals surface area contributed by atoms with Crippen LogP contribution in [0.5, 0.6) is 0 Å². The lowest BCUT2D eigenvalue weighted by molar-refractivity contribution is -0.136. The standard InChI is InChI=1S/C18H12F3N5/c1-11-16-13(18(19,20)21)9-14(12-5-4-7-22-10-12)24-17(16)26(25-11)15-6-2-3-8-23-15/h2-10H,1H3. The van der Waals surface area contributed by atoms with Crippen LogP contribution in [0, 0.1) is 6.92 Å². The first kappa shape index (κ1) is 16.2. The first-order valence-electron chi connectivity index (χ1n) is 7.74. The molecule has 0 atom stereocenters. The molecule has 0 aliphatic heterocycles. The monoisotopic (exact) mass is 355 g/mol. The van der Waals surface area contributed by atoms with Crippen molar-refractivity contribution in [2.75, 3.05) is 0 Å². The van der Waals surface area contributed by atoms with Crippen molar-refractivity contribution in [3.8, 4) is 17.1 Å². The molecule has 8 heteroatoms. The Kier molecular flexibility index (Phi) is 3.68. The summed E-state index contributed by atoms with van der Waals surface area (Å²) < 4.78 is 42.5. The third kappa shape index (κ3) is 2.69. The number of nitrogens with zero attached hydrogens (tertiary/aromatic N) is 5. The average Bonchev–Trinajstić information content (AvgIpc) is 2.98. The number of rotatable bonds is 2. The van der Waals surface area contributed by atoms with Crippen molar-refractivity contribution in [1.82, 2.24) is 24.7 Å². The summed E-state index contributed by atoms with van der Waals surface area (Å²) in [6.07, 6.45) is 0.0341. The quantitative estimate of drug-likeness (QED) is 0.541. The maximum atomic E-state index is 13.7. The van der Waals surface area contributed by atoms with Gasteiger partial charge in [0, 0.05) is 24.2 Å². The maximum absolute atomic E-state index is 13.7. The van der Waals surface area contributed by atoms with Crippen LogP contribution in [-0.2, 0) is 6.18 Å². The number of hydrogen-bond acceptors (Lipinski definition) is 4. The zero-order chi connectivity index (χ0) is 18.3. The fourth-order valence-corrected chi connectivity index (χ4v) is 2.81. The minimum absolute atomic E-state index is 0.0317. The van der Waals surface area contributed by atoms with E-state index in [0.29, 0.717) is 11.4 Å². The van der Waals surface area contributed by atoms with Crippen molar-refractivity contribution in [3.05, 3.63) is 66.2 Å². The third-order valence-electron chi connectivity index (χ3n) is 3.94. The van der Waals surface area contributed by atoms with E-state index >= 15 is 0 Å². The molecule has 4 aromatic rings. The van der Waals surface area contributed by atoms with Gasteiger partial charge < -0.3 is 0 Å². The lowest BCUT2D eigenvalue weighted by Gasteiger charge is -2.11. The molecule has 0 bridgehead atoms. The molecule has 0 fully saturated rings. The van der Waals surface area contributed by atoms with Crippen LogP contribution in [0.1, 0.15) is 11.3 Å². The Hall–Kier alpha value is -3.29. The van der Waals surface area contributed by atoms with E-state index in [1.54, 1.807) is 42.7 Å². The van der Waals surface area contributed by atoms with Gasteiger partial charge in [-0.15, -0.1) is 0 Å². The molecule has 0 saturated heterocycles. The molecule has 0 amide bonds. The minimum Gasteiger partial charge on any atom is -0.264 e. The Bertz CT molecular complexity index is 1070. The van der Waals surface area contributed by atoms with Gasteiger partial charge in [-0.2, -0.15) is 23.0 Å².